The molecule has 1 aliphatic heterocycles. The molecule has 0 aliphatic carbocycles. The number of nitrogens with zero attached hydrogens (tertiary/aromatic N) is 1. The number of hydrogen-bond donors (Lipinski definition) is 1. The highest BCUT2D eigenvalue weighted by atomic mass is 16.5. The van der Waals surface area contributed by atoms with Gasteiger partial charge >= 0.3 is 5.97 Å². The lowest BCUT2D eigenvalue weighted by molar-refractivity contribution is -0.145. The summed E-state index contributed by atoms with van der Waals surface area (Å²) in [6.07, 6.45) is 0.687. The number of carboxylic acids is 1. The third kappa shape index (κ3) is 2.30. The Morgan fingerprint density at radius 3 is 2.83 bits per heavy atom. The van der Waals surface area contributed by atoms with E-state index in [1.54, 1.807) is 18.2 Å². The van der Waals surface area contributed by atoms with E-state index in [-0.39, 0.29) is 0 Å². The molecule has 0 aromatic heterocycles. The molecule has 0 spiro atoms. The van der Waals surface area contributed by atoms with Crippen LogP contribution in [0, 0.1) is 5.92 Å². The van der Waals surface area contributed by atoms with Crippen molar-refractivity contribution in [3.05, 3.63) is 24.3 Å². The summed E-state index contributed by atoms with van der Waals surface area (Å²) in [5.41, 5.74) is 0.646. The molecule has 1 atom stereocenters. The summed E-state index contributed by atoms with van der Waals surface area (Å²) >= 11 is 0. The van der Waals surface area contributed by atoms with Crippen molar-refractivity contribution in [2.24, 2.45) is 5.92 Å². The summed E-state index contributed by atoms with van der Waals surface area (Å²) in [5.74, 6) is -1.93. The second-order valence-corrected chi connectivity index (χ2v) is 4.22. The summed E-state index contributed by atoms with van der Waals surface area (Å²) in [6.45, 7) is 2.41. The Hall–Kier alpha value is -2.04. The van der Waals surface area contributed by atoms with Gasteiger partial charge in [-0.25, -0.2) is 0 Å². The molecule has 0 bridgehead atoms. The average Bonchev–Trinajstić information content (AvgIpc) is 2.59. The molecule has 1 amide bonds. The van der Waals surface area contributed by atoms with E-state index in [1.807, 2.05) is 6.07 Å². The van der Waals surface area contributed by atoms with Gasteiger partial charge in [0, 0.05) is 6.54 Å². The minimum atomic E-state index is -1.11. The number of fused-ring (bicyclic) bond motifs is 1. The number of anilines is 1. The van der Waals surface area contributed by atoms with E-state index >= 15 is 0 Å². The van der Waals surface area contributed by atoms with Gasteiger partial charge in [0.15, 0.2) is 0 Å². The molecule has 2 rings (SSSR count). The smallest absolute Gasteiger partial charge is 0.315 e. The first kappa shape index (κ1) is 12.4. The summed E-state index contributed by atoms with van der Waals surface area (Å²) in [7, 11) is 0. The van der Waals surface area contributed by atoms with E-state index in [0.29, 0.717) is 31.0 Å². The molecular weight excluding hydrogens is 234 g/mol. The molecule has 0 saturated heterocycles. The fraction of sp³-hybridized carbons (Fsp3) is 0.385. The van der Waals surface area contributed by atoms with Gasteiger partial charge in [0.05, 0.1) is 12.3 Å². The van der Waals surface area contributed by atoms with E-state index < -0.39 is 17.8 Å². The molecule has 1 aromatic carbocycles. The minimum Gasteiger partial charge on any atom is -0.491 e. The molecule has 18 heavy (non-hydrogen) atoms. The Morgan fingerprint density at radius 1 is 1.39 bits per heavy atom. The van der Waals surface area contributed by atoms with Crippen molar-refractivity contribution >= 4 is 17.6 Å². The van der Waals surface area contributed by atoms with Gasteiger partial charge in [-0.05, 0) is 25.5 Å². The van der Waals surface area contributed by atoms with Crippen LogP contribution in [0.5, 0.6) is 5.75 Å². The Morgan fingerprint density at radius 2 is 2.11 bits per heavy atom. The first-order chi connectivity index (χ1) is 8.61. The van der Waals surface area contributed by atoms with Crippen molar-refractivity contribution in [3.63, 3.8) is 0 Å². The Kier molecular flexibility index (Phi) is 3.50. The van der Waals surface area contributed by atoms with E-state index in [2.05, 4.69) is 0 Å². The molecule has 0 fully saturated rings. The van der Waals surface area contributed by atoms with Gasteiger partial charge < -0.3 is 14.7 Å². The largest absolute Gasteiger partial charge is 0.491 e. The number of carbonyl (C=O) groups is 2. The monoisotopic (exact) mass is 249 g/mol. The van der Waals surface area contributed by atoms with Crippen LogP contribution < -0.4 is 9.64 Å². The standard InChI is InChI=1S/C13H15NO4/c1-9(13(16)17)12(15)14-7-4-8-18-11-6-3-2-5-10(11)14/h2-3,5-6,9H,4,7-8H2,1H3,(H,16,17). The molecule has 0 saturated carbocycles. The number of benzene rings is 1. The van der Waals surface area contributed by atoms with Gasteiger partial charge in [-0.15, -0.1) is 0 Å². The molecule has 5 heteroatoms. The van der Waals surface area contributed by atoms with Crippen LogP contribution in [0.3, 0.4) is 0 Å². The third-order valence-corrected chi connectivity index (χ3v) is 2.95. The summed E-state index contributed by atoms with van der Waals surface area (Å²) in [6, 6.07) is 7.19. The molecule has 5 nitrogen and oxygen atoms in total. The number of hydrogen-bond acceptors (Lipinski definition) is 3. The fourth-order valence-corrected chi connectivity index (χ4v) is 1.90. The van der Waals surface area contributed by atoms with Crippen LogP contribution in [0.4, 0.5) is 5.69 Å². The van der Waals surface area contributed by atoms with E-state index in [0.717, 1.165) is 0 Å². The van der Waals surface area contributed by atoms with Gasteiger partial charge in [-0.1, -0.05) is 12.1 Å². The Balaban J connectivity index is 2.33. The SMILES string of the molecule is CC(C(=O)O)C(=O)N1CCCOc2ccccc21. The minimum absolute atomic E-state index is 0.402. The summed E-state index contributed by atoms with van der Waals surface area (Å²) < 4.78 is 5.53. The van der Waals surface area contributed by atoms with E-state index in [1.165, 1.54) is 11.8 Å². The zero-order valence-corrected chi connectivity index (χ0v) is 10.1. The van der Waals surface area contributed by atoms with Gasteiger partial charge in [-0.3, -0.25) is 9.59 Å². The van der Waals surface area contributed by atoms with E-state index in [4.69, 9.17) is 9.84 Å². The first-order valence-electron chi connectivity index (χ1n) is 5.87. The number of carbonyl (C=O) groups excluding carboxylic acids is 1. The molecule has 1 heterocycles. The van der Waals surface area contributed by atoms with Crippen LogP contribution >= 0.6 is 0 Å². The lowest BCUT2D eigenvalue weighted by Gasteiger charge is -2.23. The molecule has 96 valence electrons. The highest BCUT2D eigenvalue weighted by molar-refractivity contribution is 6.06. The average molecular weight is 249 g/mol. The topological polar surface area (TPSA) is 66.8 Å². The second kappa shape index (κ2) is 5.08. The molecule has 1 N–H and O–H groups in total. The Bertz CT molecular complexity index is 472. The van der Waals surface area contributed by atoms with E-state index in [9.17, 15) is 9.59 Å². The van der Waals surface area contributed by atoms with Crippen LogP contribution in [0.2, 0.25) is 0 Å². The second-order valence-electron chi connectivity index (χ2n) is 4.22. The Labute approximate surface area is 105 Å². The molecule has 0 radical (unpaired) electrons. The quantitative estimate of drug-likeness (QED) is 0.807. The maximum atomic E-state index is 12.1. The normalized spacial score (nSPS) is 16.2. The predicted octanol–water partition coefficient (Wildman–Crippen LogP) is 1.52. The lowest BCUT2D eigenvalue weighted by Crippen LogP contribution is -2.38. The van der Waals surface area contributed by atoms with Crippen molar-refractivity contribution in [1.29, 1.82) is 0 Å². The van der Waals surface area contributed by atoms with Crippen molar-refractivity contribution < 1.29 is 19.4 Å². The highest BCUT2D eigenvalue weighted by Gasteiger charge is 2.29. The maximum Gasteiger partial charge on any atom is 0.315 e. The van der Waals surface area contributed by atoms with Crippen molar-refractivity contribution in [3.8, 4) is 5.75 Å². The molecule has 1 aromatic rings. The van der Waals surface area contributed by atoms with Crippen molar-refractivity contribution in [2.75, 3.05) is 18.1 Å². The molecule has 1 unspecified atom stereocenters. The van der Waals surface area contributed by atoms with Crippen LogP contribution in [-0.2, 0) is 9.59 Å². The summed E-state index contributed by atoms with van der Waals surface area (Å²) in [4.78, 5) is 24.5. The van der Waals surface area contributed by atoms with Gasteiger partial charge in [0.1, 0.15) is 11.7 Å². The van der Waals surface area contributed by atoms with Crippen molar-refractivity contribution in [2.45, 2.75) is 13.3 Å². The van der Waals surface area contributed by atoms with Gasteiger partial charge in [-0.2, -0.15) is 0 Å². The zero-order valence-electron chi connectivity index (χ0n) is 10.1. The number of aliphatic carboxylic acids is 1. The fourth-order valence-electron chi connectivity index (χ4n) is 1.90. The maximum absolute atomic E-state index is 12.1. The first-order valence-corrected chi connectivity index (χ1v) is 5.87. The predicted molar refractivity (Wildman–Crippen MR) is 65.7 cm³/mol. The lowest BCUT2D eigenvalue weighted by atomic mass is 10.1. The van der Waals surface area contributed by atoms with Gasteiger partial charge in [0.2, 0.25) is 5.91 Å². The van der Waals surface area contributed by atoms with Crippen LogP contribution in [-0.4, -0.2) is 30.1 Å². The number of amides is 1. The number of carboxylic acid groups (broad SMARTS) is 1. The number of ether oxygens (including phenoxy) is 1. The van der Waals surface area contributed by atoms with Crippen LogP contribution in [0.15, 0.2) is 24.3 Å². The zero-order chi connectivity index (χ0) is 13.1. The number of rotatable bonds is 2. The van der Waals surface area contributed by atoms with Gasteiger partial charge in [0.25, 0.3) is 0 Å². The molecule has 1 aliphatic rings. The summed E-state index contributed by atoms with van der Waals surface area (Å²) in [5, 5.41) is 8.92. The van der Waals surface area contributed by atoms with Crippen LogP contribution in [0.25, 0.3) is 0 Å². The van der Waals surface area contributed by atoms with Crippen LogP contribution in [0.1, 0.15) is 13.3 Å². The number of para-hydroxylation sites is 2. The van der Waals surface area contributed by atoms with Crippen molar-refractivity contribution in [1.82, 2.24) is 0 Å². The third-order valence-electron chi connectivity index (χ3n) is 2.95. The highest BCUT2D eigenvalue weighted by Crippen LogP contribution is 2.31. The molecular formula is C13H15NO4.